The fourth-order valence-corrected chi connectivity index (χ4v) is 2.30. The minimum absolute atomic E-state index is 0.148. The van der Waals surface area contributed by atoms with Crippen LogP contribution < -0.4 is 5.11 Å². The Morgan fingerprint density at radius 2 is 2.14 bits per heavy atom. The zero-order valence-electron chi connectivity index (χ0n) is 10.5. The van der Waals surface area contributed by atoms with Gasteiger partial charge in [-0.25, -0.2) is 0 Å². The first-order valence-electron chi connectivity index (χ1n) is 5.68. The Kier molecular flexibility index (Phi) is 4.11. The highest BCUT2D eigenvalue weighted by Gasteiger charge is 2.14. The van der Waals surface area contributed by atoms with Gasteiger partial charge in [0, 0.05) is 6.07 Å². The van der Waals surface area contributed by atoms with E-state index in [-0.39, 0.29) is 11.1 Å². The SMILES string of the molecule is N#C/C(=C\c1ccc([O-])c([N+](=O)[O-])c1)C(=O)c1cccs1. The lowest BCUT2D eigenvalue weighted by molar-refractivity contribution is -0.398. The number of nitro groups is 1. The molecule has 6 nitrogen and oxygen atoms in total. The predicted octanol–water partition coefficient (Wildman–Crippen LogP) is 2.52. The number of nitrogens with zero attached hydrogens (tertiary/aromatic N) is 2. The van der Waals surface area contributed by atoms with Crippen LogP contribution in [0.2, 0.25) is 0 Å². The molecule has 0 saturated heterocycles. The second-order valence-corrected chi connectivity index (χ2v) is 4.91. The van der Waals surface area contributed by atoms with Gasteiger partial charge in [-0.05, 0) is 28.8 Å². The number of carbonyl (C=O) groups excluding carboxylic acids is 1. The molecule has 1 heterocycles. The summed E-state index contributed by atoms with van der Waals surface area (Å²) in [6.07, 6.45) is 1.23. The number of Topliss-reactive ketones (excluding diaryl/α,β-unsaturated/α-hetero) is 1. The average Bonchev–Trinajstić information content (AvgIpc) is 2.99. The van der Waals surface area contributed by atoms with E-state index in [4.69, 9.17) is 5.26 Å². The van der Waals surface area contributed by atoms with E-state index in [1.165, 1.54) is 23.5 Å². The Morgan fingerprint density at radius 1 is 1.38 bits per heavy atom. The zero-order chi connectivity index (χ0) is 15.4. The molecule has 0 aliphatic heterocycles. The third kappa shape index (κ3) is 3.13. The van der Waals surface area contributed by atoms with Gasteiger partial charge < -0.3 is 5.11 Å². The van der Waals surface area contributed by atoms with Crippen LogP contribution in [0.3, 0.4) is 0 Å². The van der Waals surface area contributed by atoms with E-state index in [2.05, 4.69) is 0 Å². The van der Waals surface area contributed by atoms with E-state index < -0.39 is 22.1 Å². The molecule has 0 radical (unpaired) electrons. The van der Waals surface area contributed by atoms with Crippen molar-refractivity contribution in [1.82, 2.24) is 0 Å². The molecule has 1 aromatic heterocycles. The molecule has 0 aliphatic carbocycles. The highest BCUT2D eigenvalue weighted by atomic mass is 32.1. The van der Waals surface area contributed by atoms with Crippen LogP contribution in [0.4, 0.5) is 5.69 Å². The van der Waals surface area contributed by atoms with Crippen molar-refractivity contribution in [2.75, 3.05) is 0 Å². The number of hydrogen-bond donors (Lipinski definition) is 0. The number of allylic oxidation sites excluding steroid dienone is 1. The van der Waals surface area contributed by atoms with Gasteiger partial charge in [0.15, 0.2) is 0 Å². The predicted molar refractivity (Wildman–Crippen MR) is 74.8 cm³/mol. The molecule has 0 atom stereocenters. The number of nitriles is 1. The zero-order valence-corrected chi connectivity index (χ0v) is 11.3. The molecule has 0 unspecified atom stereocenters. The lowest BCUT2D eigenvalue weighted by Crippen LogP contribution is -2.00. The fraction of sp³-hybridized carbons (Fsp3) is 0. The van der Waals surface area contributed by atoms with E-state index in [0.717, 1.165) is 12.1 Å². The molecule has 0 fully saturated rings. The van der Waals surface area contributed by atoms with Crippen molar-refractivity contribution in [3.63, 3.8) is 0 Å². The molecule has 0 saturated carbocycles. The first-order chi connectivity index (χ1) is 10.0. The van der Waals surface area contributed by atoms with Crippen LogP contribution in [0.25, 0.3) is 6.08 Å². The molecular formula is C14H7N2O4S-. The van der Waals surface area contributed by atoms with Crippen LogP contribution in [-0.4, -0.2) is 10.7 Å². The maximum absolute atomic E-state index is 12.1. The van der Waals surface area contributed by atoms with E-state index in [9.17, 15) is 20.0 Å². The van der Waals surface area contributed by atoms with Gasteiger partial charge >= 0.3 is 0 Å². The maximum Gasteiger partial charge on any atom is 0.262 e. The lowest BCUT2D eigenvalue weighted by Gasteiger charge is -2.06. The van der Waals surface area contributed by atoms with Crippen molar-refractivity contribution in [2.45, 2.75) is 0 Å². The summed E-state index contributed by atoms with van der Waals surface area (Å²) >= 11 is 1.20. The molecule has 2 aromatic rings. The first kappa shape index (κ1) is 14.4. The summed E-state index contributed by atoms with van der Waals surface area (Å²) in [5, 5.41) is 32.8. The lowest BCUT2D eigenvalue weighted by atomic mass is 10.1. The summed E-state index contributed by atoms with van der Waals surface area (Å²) in [4.78, 5) is 22.4. The van der Waals surface area contributed by atoms with Gasteiger partial charge in [-0.15, -0.1) is 11.3 Å². The molecule has 0 aliphatic rings. The Bertz CT molecular complexity index is 773. The fourth-order valence-electron chi connectivity index (χ4n) is 1.62. The van der Waals surface area contributed by atoms with Crippen LogP contribution >= 0.6 is 11.3 Å². The molecule has 21 heavy (non-hydrogen) atoms. The van der Waals surface area contributed by atoms with Gasteiger partial charge in [-0.3, -0.25) is 14.9 Å². The normalized spacial score (nSPS) is 10.9. The van der Waals surface area contributed by atoms with Crippen LogP contribution in [0.5, 0.6) is 5.75 Å². The van der Waals surface area contributed by atoms with Crippen molar-refractivity contribution in [1.29, 1.82) is 5.26 Å². The minimum atomic E-state index is -0.799. The number of hydrogen-bond acceptors (Lipinski definition) is 6. The molecule has 0 amide bonds. The molecule has 2 rings (SSSR count). The van der Waals surface area contributed by atoms with Crippen molar-refractivity contribution in [3.8, 4) is 11.8 Å². The standard InChI is InChI=1S/C14H8N2O4S/c15-8-10(14(18)13-2-1-5-21-13)6-9-3-4-12(17)11(7-9)16(19)20/h1-7,17H/p-1/b10-6+. The number of nitro benzene ring substituents is 1. The Morgan fingerprint density at radius 3 is 2.71 bits per heavy atom. The van der Waals surface area contributed by atoms with Gasteiger partial charge in [0.2, 0.25) is 5.78 Å². The minimum Gasteiger partial charge on any atom is -0.868 e. The molecule has 1 aromatic carbocycles. The van der Waals surface area contributed by atoms with Crippen LogP contribution in [0.1, 0.15) is 15.2 Å². The largest absolute Gasteiger partial charge is 0.868 e. The van der Waals surface area contributed by atoms with Crippen LogP contribution in [0, 0.1) is 21.4 Å². The number of ketones is 1. The van der Waals surface area contributed by atoms with Crippen molar-refractivity contribution >= 4 is 28.9 Å². The smallest absolute Gasteiger partial charge is 0.262 e. The molecule has 0 spiro atoms. The third-order valence-corrected chi connectivity index (χ3v) is 3.47. The molecule has 0 bridgehead atoms. The quantitative estimate of drug-likeness (QED) is 0.283. The van der Waals surface area contributed by atoms with Crippen LogP contribution in [-0.2, 0) is 0 Å². The monoisotopic (exact) mass is 299 g/mol. The molecule has 7 heteroatoms. The average molecular weight is 299 g/mol. The van der Waals surface area contributed by atoms with Crippen molar-refractivity contribution in [2.24, 2.45) is 0 Å². The van der Waals surface area contributed by atoms with Gasteiger partial charge in [-0.2, -0.15) is 5.26 Å². The summed E-state index contributed by atoms with van der Waals surface area (Å²) < 4.78 is 0. The summed E-state index contributed by atoms with van der Waals surface area (Å²) in [5.41, 5.74) is -0.488. The topological polar surface area (TPSA) is 107 Å². The van der Waals surface area contributed by atoms with E-state index in [1.54, 1.807) is 23.6 Å². The number of benzene rings is 1. The maximum atomic E-state index is 12.1. The Balaban J connectivity index is 2.42. The Hall–Kier alpha value is -2.98. The highest BCUT2D eigenvalue weighted by molar-refractivity contribution is 7.12. The molecule has 0 N–H and O–H groups in total. The van der Waals surface area contributed by atoms with E-state index >= 15 is 0 Å². The van der Waals surface area contributed by atoms with Gasteiger partial charge in [-0.1, -0.05) is 18.2 Å². The summed E-state index contributed by atoms with van der Waals surface area (Å²) in [6.45, 7) is 0. The summed E-state index contributed by atoms with van der Waals surface area (Å²) in [6, 6.07) is 8.45. The highest BCUT2D eigenvalue weighted by Crippen LogP contribution is 2.25. The van der Waals surface area contributed by atoms with Crippen molar-refractivity contribution in [3.05, 3.63) is 61.8 Å². The number of carbonyl (C=O) groups is 1. The van der Waals surface area contributed by atoms with E-state index in [0.29, 0.717) is 4.88 Å². The summed E-state index contributed by atoms with van der Waals surface area (Å²) in [5.74, 6) is -1.18. The second-order valence-electron chi connectivity index (χ2n) is 3.96. The number of thiophene rings is 1. The van der Waals surface area contributed by atoms with Crippen molar-refractivity contribution < 1.29 is 14.8 Å². The second kappa shape index (κ2) is 5.98. The van der Waals surface area contributed by atoms with Gasteiger partial charge in [0.1, 0.15) is 11.6 Å². The van der Waals surface area contributed by atoms with E-state index in [1.807, 2.05) is 0 Å². The van der Waals surface area contributed by atoms with Crippen LogP contribution in [0.15, 0.2) is 41.3 Å². The number of rotatable bonds is 4. The first-order valence-corrected chi connectivity index (χ1v) is 6.56. The summed E-state index contributed by atoms with van der Waals surface area (Å²) in [7, 11) is 0. The molecular weight excluding hydrogens is 292 g/mol. The molecule has 104 valence electrons. The Labute approximate surface area is 123 Å². The van der Waals surface area contributed by atoms with Gasteiger partial charge in [0.25, 0.3) is 5.69 Å². The van der Waals surface area contributed by atoms with Gasteiger partial charge in [0.05, 0.1) is 9.80 Å². The third-order valence-electron chi connectivity index (χ3n) is 2.60.